The van der Waals surface area contributed by atoms with Gasteiger partial charge in [-0.15, -0.1) is 0 Å². The minimum atomic E-state index is -0.444. The summed E-state index contributed by atoms with van der Waals surface area (Å²) in [6, 6.07) is 0. The largest absolute Gasteiger partial charge is 0.343 e. The second-order valence-corrected chi connectivity index (χ2v) is 3.98. The quantitative estimate of drug-likeness (QED) is 0.710. The minimum absolute atomic E-state index is 0.444. The number of rotatable bonds is 6. The molecule has 4 nitrogen and oxygen atoms in total. The summed E-state index contributed by atoms with van der Waals surface area (Å²) in [5.74, 6) is 0.606. The van der Waals surface area contributed by atoms with Crippen molar-refractivity contribution in [2.75, 3.05) is 0 Å². The van der Waals surface area contributed by atoms with Crippen molar-refractivity contribution in [3.05, 3.63) is 12.2 Å². The Kier molecular flexibility index (Phi) is 4.07. The van der Waals surface area contributed by atoms with Gasteiger partial charge in [-0.25, -0.2) is 0 Å². The van der Waals surface area contributed by atoms with E-state index in [1.165, 1.54) is 25.7 Å². The molecule has 0 fully saturated rings. The van der Waals surface area contributed by atoms with E-state index in [9.17, 15) is 0 Å². The molecule has 0 aliphatic rings. The summed E-state index contributed by atoms with van der Waals surface area (Å²) in [5.41, 5.74) is 5.64. The van der Waals surface area contributed by atoms with E-state index in [0.717, 1.165) is 12.8 Å². The van der Waals surface area contributed by atoms with Gasteiger partial charge in [-0.05, 0) is 13.3 Å². The maximum Gasteiger partial charge on any atom is 0.213 e. The molecule has 1 aromatic rings. The molecule has 1 heterocycles. The third kappa shape index (κ3) is 3.10. The molecule has 0 aliphatic carbocycles. The highest BCUT2D eigenvalue weighted by Crippen LogP contribution is 2.20. The lowest BCUT2D eigenvalue weighted by Crippen LogP contribution is -2.34. The van der Waals surface area contributed by atoms with Gasteiger partial charge in [0.25, 0.3) is 0 Å². The lowest BCUT2D eigenvalue weighted by molar-refractivity contribution is 0.357. The second kappa shape index (κ2) is 5.10. The molecule has 0 bridgehead atoms. The third-order valence-corrected chi connectivity index (χ3v) is 2.42. The van der Waals surface area contributed by atoms with E-state index >= 15 is 0 Å². The van der Waals surface area contributed by atoms with Gasteiger partial charge < -0.3 is 10.3 Å². The highest BCUT2D eigenvalue weighted by molar-refractivity contribution is 4.98. The highest BCUT2D eigenvalue weighted by atomic mass is 16.5. The van der Waals surface area contributed by atoms with Crippen molar-refractivity contribution in [3.63, 3.8) is 0 Å². The molecule has 0 aliphatic heterocycles. The van der Waals surface area contributed by atoms with Crippen molar-refractivity contribution in [2.24, 2.45) is 5.73 Å². The summed E-state index contributed by atoms with van der Waals surface area (Å²) in [6.45, 7) is 4.14. The molecule has 1 aromatic heterocycles. The molecule has 0 amide bonds. The minimum Gasteiger partial charge on any atom is -0.343 e. The van der Waals surface area contributed by atoms with Gasteiger partial charge >= 0.3 is 0 Å². The molecule has 0 saturated carbocycles. The average Bonchev–Trinajstić information content (AvgIpc) is 2.65. The average molecular weight is 197 g/mol. The smallest absolute Gasteiger partial charge is 0.213 e. The standard InChI is InChI=1S/C10H19N3O/c1-3-4-5-6-7-10(2,11)9-12-8-14-13-9/h8H,3-7,11H2,1-2H3. The van der Waals surface area contributed by atoms with Crippen molar-refractivity contribution >= 4 is 0 Å². The summed E-state index contributed by atoms with van der Waals surface area (Å²) < 4.78 is 4.69. The first-order valence-corrected chi connectivity index (χ1v) is 5.22. The third-order valence-electron chi connectivity index (χ3n) is 2.42. The van der Waals surface area contributed by atoms with E-state index in [1.54, 1.807) is 0 Å². The molecule has 0 radical (unpaired) electrons. The molecular formula is C10H19N3O. The maximum atomic E-state index is 6.08. The molecule has 2 N–H and O–H groups in total. The Morgan fingerprint density at radius 2 is 2.21 bits per heavy atom. The Balaban J connectivity index is 2.35. The lowest BCUT2D eigenvalue weighted by atomic mass is 9.94. The van der Waals surface area contributed by atoms with Gasteiger partial charge in [0.05, 0.1) is 5.54 Å². The second-order valence-electron chi connectivity index (χ2n) is 3.98. The van der Waals surface area contributed by atoms with Crippen LogP contribution >= 0.6 is 0 Å². The molecular weight excluding hydrogens is 178 g/mol. The van der Waals surface area contributed by atoms with Crippen LogP contribution in [0.2, 0.25) is 0 Å². The molecule has 80 valence electrons. The van der Waals surface area contributed by atoms with E-state index in [2.05, 4.69) is 21.6 Å². The summed E-state index contributed by atoms with van der Waals surface area (Å²) in [7, 11) is 0. The number of nitrogens with zero attached hydrogens (tertiary/aromatic N) is 2. The zero-order valence-corrected chi connectivity index (χ0v) is 8.99. The van der Waals surface area contributed by atoms with Crippen LogP contribution in [0.3, 0.4) is 0 Å². The van der Waals surface area contributed by atoms with Crippen LogP contribution in [-0.2, 0) is 5.54 Å². The van der Waals surface area contributed by atoms with Gasteiger partial charge in [-0.1, -0.05) is 37.8 Å². The fourth-order valence-corrected chi connectivity index (χ4v) is 1.45. The van der Waals surface area contributed by atoms with Crippen LogP contribution in [0.4, 0.5) is 0 Å². The molecule has 1 rings (SSSR count). The van der Waals surface area contributed by atoms with Crippen LogP contribution in [0.25, 0.3) is 0 Å². The van der Waals surface area contributed by atoms with Gasteiger partial charge in [-0.2, -0.15) is 4.98 Å². The predicted octanol–water partition coefficient (Wildman–Crippen LogP) is 2.21. The van der Waals surface area contributed by atoms with Gasteiger partial charge in [-0.3, -0.25) is 0 Å². The Morgan fingerprint density at radius 3 is 2.79 bits per heavy atom. The van der Waals surface area contributed by atoms with Crippen molar-refractivity contribution in [3.8, 4) is 0 Å². The van der Waals surface area contributed by atoms with Gasteiger partial charge in [0.2, 0.25) is 6.39 Å². The lowest BCUT2D eigenvalue weighted by Gasteiger charge is -2.19. The number of hydrogen-bond acceptors (Lipinski definition) is 4. The SMILES string of the molecule is CCCCCCC(C)(N)c1ncon1. The van der Waals surface area contributed by atoms with Gasteiger partial charge in [0, 0.05) is 0 Å². The first-order valence-electron chi connectivity index (χ1n) is 5.22. The summed E-state index contributed by atoms with van der Waals surface area (Å²) in [4.78, 5) is 3.98. The monoisotopic (exact) mass is 197 g/mol. The molecule has 0 spiro atoms. The Morgan fingerprint density at radius 1 is 1.43 bits per heavy atom. The molecule has 0 aromatic carbocycles. The van der Waals surface area contributed by atoms with E-state index < -0.39 is 5.54 Å². The Hall–Kier alpha value is -0.900. The van der Waals surface area contributed by atoms with Crippen LogP contribution in [-0.4, -0.2) is 10.1 Å². The van der Waals surface area contributed by atoms with Crippen LogP contribution in [0.1, 0.15) is 51.8 Å². The van der Waals surface area contributed by atoms with Crippen molar-refractivity contribution in [2.45, 2.75) is 51.5 Å². The summed E-state index contributed by atoms with van der Waals surface area (Å²) >= 11 is 0. The Labute approximate surface area is 84.9 Å². The van der Waals surface area contributed by atoms with Crippen LogP contribution in [0, 0.1) is 0 Å². The summed E-state index contributed by atoms with van der Waals surface area (Å²) in [5, 5.41) is 3.78. The maximum absolute atomic E-state index is 6.08. The predicted molar refractivity (Wildman–Crippen MR) is 54.6 cm³/mol. The number of unbranched alkanes of at least 4 members (excludes halogenated alkanes) is 3. The first-order chi connectivity index (χ1) is 6.67. The molecule has 1 atom stereocenters. The number of nitrogens with two attached hydrogens (primary N) is 1. The van der Waals surface area contributed by atoms with E-state index in [4.69, 9.17) is 5.73 Å². The van der Waals surface area contributed by atoms with Crippen LogP contribution in [0.15, 0.2) is 10.9 Å². The fourth-order valence-electron chi connectivity index (χ4n) is 1.45. The van der Waals surface area contributed by atoms with E-state index in [0.29, 0.717) is 5.82 Å². The van der Waals surface area contributed by atoms with E-state index in [1.807, 2.05) is 6.92 Å². The van der Waals surface area contributed by atoms with Crippen molar-refractivity contribution in [1.29, 1.82) is 0 Å². The Bertz CT molecular complexity index is 244. The van der Waals surface area contributed by atoms with E-state index in [-0.39, 0.29) is 0 Å². The molecule has 1 unspecified atom stereocenters. The fraction of sp³-hybridized carbons (Fsp3) is 0.800. The van der Waals surface area contributed by atoms with Crippen molar-refractivity contribution in [1.82, 2.24) is 10.1 Å². The molecule has 14 heavy (non-hydrogen) atoms. The molecule has 4 heteroatoms. The highest BCUT2D eigenvalue weighted by Gasteiger charge is 2.25. The zero-order valence-electron chi connectivity index (χ0n) is 8.99. The number of hydrogen-bond donors (Lipinski definition) is 1. The summed E-state index contributed by atoms with van der Waals surface area (Å²) in [6.07, 6.45) is 7.08. The first kappa shape index (κ1) is 11.2. The van der Waals surface area contributed by atoms with Gasteiger partial charge in [0.1, 0.15) is 0 Å². The molecule has 0 saturated heterocycles. The van der Waals surface area contributed by atoms with Gasteiger partial charge in [0.15, 0.2) is 5.82 Å². The zero-order chi connectivity index (χ0) is 10.4. The topological polar surface area (TPSA) is 64.9 Å². The normalized spacial score (nSPS) is 15.4. The number of aromatic nitrogens is 2. The van der Waals surface area contributed by atoms with Crippen LogP contribution < -0.4 is 5.73 Å². The van der Waals surface area contributed by atoms with Crippen LogP contribution in [0.5, 0.6) is 0 Å². The van der Waals surface area contributed by atoms with Crippen molar-refractivity contribution < 1.29 is 4.52 Å².